The third-order valence-electron chi connectivity index (χ3n) is 3.65. The molecule has 0 fully saturated rings. The Morgan fingerprint density at radius 2 is 2.00 bits per heavy atom. The highest BCUT2D eigenvalue weighted by Gasteiger charge is 2.14. The predicted octanol–water partition coefficient (Wildman–Crippen LogP) is 0.680. The van der Waals surface area contributed by atoms with Gasteiger partial charge in [-0.3, -0.25) is 9.59 Å². The van der Waals surface area contributed by atoms with E-state index < -0.39 is 5.97 Å². The first-order valence-electron chi connectivity index (χ1n) is 7.51. The predicted molar refractivity (Wildman–Crippen MR) is 86.5 cm³/mol. The van der Waals surface area contributed by atoms with Gasteiger partial charge in [0.1, 0.15) is 6.54 Å². The molecule has 1 aromatic heterocycles. The van der Waals surface area contributed by atoms with Crippen LogP contribution in [0.3, 0.4) is 0 Å². The van der Waals surface area contributed by atoms with E-state index in [2.05, 4.69) is 10.1 Å². The van der Waals surface area contributed by atoms with Gasteiger partial charge in [-0.05, 0) is 23.8 Å². The smallest absolute Gasteiger partial charge is 0.339 e. The molecule has 2 heterocycles. The summed E-state index contributed by atoms with van der Waals surface area (Å²) in [6.07, 6.45) is 1.30. The quantitative estimate of drug-likeness (QED) is 0.802. The molecular formula is C17H16N2O6. The minimum absolute atomic E-state index is 0.185. The molecule has 0 spiro atoms. The topological polar surface area (TPSA) is 95.9 Å². The van der Waals surface area contributed by atoms with E-state index in [1.54, 1.807) is 12.1 Å². The number of esters is 1. The summed E-state index contributed by atoms with van der Waals surface area (Å²) in [6.45, 7) is 0.264. The molecular weight excluding hydrogens is 328 g/mol. The lowest BCUT2D eigenvalue weighted by molar-refractivity contribution is -0.121. The Bertz CT molecular complexity index is 874. The number of carbonyl (C=O) groups excluding carboxylic acids is 2. The lowest BCUT2D eigenvalue weighted by Crippen LogP contribution is -2.32. The van der Waals surface area contributed by atoms with Gasteiger partial charge in [-0.25, -0.2) is 4.79 Å². The molecule has 25 heavy (non-hydrogen) atoms. The zero-order valence-electron chi connectivity index (χ0n) is 13.5. The molecule has 1 aromatic carbocycles. The third-order valence-corrected chi connectivity index (χ3v) is 3.65. The van der Waals surface area contributed by atoms with E-state index in [1.807, 2.05) is 6.07 Å². The standard InChI is InChI=1S/C17H16N2O6/c1-23-17(22)12-3-5-16(21)19(8-12)9-15(20)18-7-11-2-4-13-14(6-11)25-10-24-13/h2-6,8H,7,9-10H2,1H3,(H,18,20). The van der Waals surface area contributed by atoms with Gasteiger partial charge in [-0.1, -0.05) is 6.07 Å². The van der Waals surface area contributed by atoms with Gasteiger partial charge < -0.3 is 24.1 Å². The number of ether oxygens (including phenoxy) is 3. The monoisotopic (exact) mass is 344 g/mol. The number of nitrogens with one attached hydrogen (secondary N) is 1. The van der Waals surface area contributed by atoms with E-state index in [1.165, 1.54) is 25.4 Å². The SMILES string of the molecule is COC(=O)c1ccc(=O)n(CC(=O)NCc2ccc3c(c2)OCO3)c1. The molecule has 2 aromatic rings. The number of amides is 1. The van der Waals surface area contributed by atoms with Crippen molar-refractivity contribution in [3.05, 3.63) is 58.0 Å². The highest BCUT2D eigenvalue weighted by atomic mass is 16.7. The first-order valence-corrected chi connectivity index (χ1v) is 7.51. The van der Waals surface area contributed by atoms with E-state index in [4.69, 9.17) is 9.47 Å². The number of methoxy groups -OCH3 is 1. The van der Waals surface area contributed by atoms with Crippen molar-refractivity contribution in [2.24, 2.45) is 0 Å². The zero-order chi connectivity index (χ0) is 17.8. The van der Waals surface area contributed by atoms with Crippen molar-refractivity contribution in [3.63, 3.8) is 0 Å². The van der Waals surface area contributed by atoms with E-state index >= 15 is 0 Å². The van der Waals surface area contributed by atoms with Crippen LogP contribution in [-0.2, 0) is 22.6 Å². The van der Waals surface area contributed by atoms with Crippen LogP contribution in [-0.4, -0.2) is 30.3 Å². The Hall–Kier alpha value is -3.29. The number of rotatable bonds is 5. The Balaban J connectivity index is 1.63. The van der Waals surface area contributed by atoms with Gasteiger partial charge in [0.25, 0.3) is 5.56 Å². The molecule has 0 atom stereocenters. The van der Waals surface area contributed by atoms with Crippen LogP contribution in [0.25, 0.3) is 0 Å². The van der Waals surface area contributed by atoms with Crippen molar-refractivity contribution in [3.8, 4) is 11.5 Å². The fourth-order valence-corrected chi connectivity index (χ4v) is 2.36. The van der Waals surface area contributed by atoms with E-state index in [-0.39, 0.29) is 36.9 Å². The molecule has 1 aliphatic heterocycles. The summed E-state index contributed by atoms with van der Waals surface area (Å²) in [5.74, 6) is 0.367. The highest BCUT2D eigenvalue weighted by Crippen LogP contribution is 2.32. The van der Waals surface area contributed by atoms with Crippen molar-refractivity contribution < 1.29 is 23.8 Å². The lowest BCUT2D eigenvalue weighted by atomic mass is 10.2. The minimum atomic E-state index is -0.575. The van der Waals surface area contributed by atoms with Crippen LogP contribution in [0, 0.1) is 0 Å². The number of pyridine rings is 1. The summed E-state index contributed by atoms with van der Waals surface area (Å²) in [4.78, 5) is 35.4. The van der Waals surface area contributed by atoms with Crippen LogP contribution in [0.1, 0.15) is 15.9 Å². The molecule has 0 aliphatic carbocycles. The normalized spacial score (nSPS) is 11.9. The molecule has 0 unspecified atom stereocenters. The summed E-state index contributed by atoms with van der Waals surface area (Å²) >= 11 is 0. The molecule has 8 nitrogen and oxygen atoms in total. The van der Waals surface area contributed by atoms with Crippen LogP contribution < -0.4 is 20.3 Å². The maximum Gasteiger partial charge on any atom is 0.339 e. The number of fused-ring (bicyclic) bond motifs is 1. The van der Waals surface area contributed by atoms with Gasteiger partial charge in [0.2, 0.25) is 12.7 Å². The minimum Gasteiger partial charge on any atom is -0.465 e. The van der Waals surface area contributed by atoms with Gasteiger partial charge in [-0.15, -0.1) is 0 Å². The van der Waals surface area contributed by atoms with Crippen molar-refractivity contribution in [2.45, 2.75) is 13.1 Å². The van der Waals surface area contributed by atoms with Crippen LogP contribution in [0.5, 0.6) is 11.5 Å². The average Bonchev–Trinajstić information content (AvgIpc) is 3.09. The molecule has 1 aliphatic rings. The number of hydrogen-bond acceptors (Lipinski definition) is 6. The lowest BCUT2D eigenvalue weighted by Gasteiger charge is -2.09. The van der Waals surface area contributed by atoms with Crippen LogP contribution >= 0.6 is 0 Å². The molecule has 8 heteroatoms. The molecule has 1 N–H and O–H groups in total. The van der Waals surface area contributed by atoms with E-state index in [9.17, 15) is 14.4 Å². The summed E-state index contributed by atoms with van der Waals surface area (Å²) in [5.41, 5.74) is 0.657. The fourth-order valence-electron chi connectivity index (χ4n) is 2.36. The molecule has 0 radical (unpaired) electrons. The van der Waals surface area contributed by atoms with E-state index in [0.29, 0.717) is 11.5 Å². The summed E-state index contributed by atoms with van der Waals surface area (Å²) in [7, 11) is 1.25. The molecule has 0 saturated heterocycles. The van der Waals surface area contributed by atoms with Gasteiger partial charge in [0.15, 0.2) is 11.5 Å². The maximum atomic E-state index is 12.1. The second-order valence-corrected chi connectivity index (χ2v) is 5.34. The summed E-state index contributed by atoms with van der Waals surface area (Å²) in [5, 5.41) is 2.72. The van der Waals surface area contributed by atoms with Crippen molar-refractivity contribution >= 4 is 11.9 Å². The highest BCUT2D eigenvalue weighted by molar-refractivity contribution is 5.89. The molecule has 0 saturated carbocycles. The largest absolute Gasteiger partial charge is 0.465 e. The van der Waals surface area contributed by atoms with Crippen LogP contribution in [0.15, 0.2) is 41.3 Å². The van der Waals surface area contributed by atoms with Crippen LogP contribution in [0.4, 0.5) is 0 Å². The van der Waals surface area contributed by atoms with Gasteiger partial charge in [0.05, 0.1) is 12.7 Å². The number of carbonyl (C=O) groups is 2. The second-order valence-electron chi connectivity index (χ2n) is 5.34. The summed E-state index contributed by atoms with van der Waals surface area (Å²) < 4.78 is 16.3. The number of aromatic nitrogens is 1. The first kappa shape index (κ1) is 16.6. The Labute approximate surface area is 142 Å². The molecule has 1 amide bonds. The Morgan fingerprint density at radius 3 is 2.80 bits per heavy atom. The zero-order valence-corrected chi connectivity index (χ0v) is 13.5. The van der Waals surface area contributed by atoms with Crippen molar-refractivity contribution in [1.82, 2.24) is 9.88 Å². The number of benzene rings is 1. The Kier molecular flexibility index (Phi) is 4.69. The molecule has 0 bridgehead atoms. The average molecular weight is 344 g/mol. The second kappa shape index (κ2) is 7.08. The molecule has 3 rings (SSSR count). The first-order chi connectivity index (χ1) is 12.1. The van der Waals surface area contributed by atoms with Crippen molar-refractivity contribution in [1.29, 1.82) is 0 Å². The summed E-state index contributed by atoms with van der Waals surface area (Å²) in [6, 6.07) is 7.95. The van der Waals surface area contributed by atoms with Gasteiger partial charge in [-0.2, -0.15) is 0 Å². The van der Waals surface area contributed by atoms with E-state index in [0.717, 1.165) is 10.1 Å². The van der Waals surface area contributed by atoms with Crippen molar-refractivity contribution in [2.75, 3.05) is 13.9 Å². The molecule has 130 valence electrons. The third kappa shape index (κ3) is 3.79. The van der Waals surface area contributed by atoms with Gasteiger partial charge >= 0.3 is 5.97 Å². The maximum absolute atomic E-state index is 12.1. The van der Waals surface area contributed by atoms with Gasteiger partial charge in [0, 0.05) is 18.8 Å². The Morgan fingerprint density at radius 1 is 1.20 bits per heavy atom. The number of hydrogen-bond donors (Lipinski definition) is 1. The number of nitrogens with zero attached hydrogens (tertiary/aromatic N) is 1. The van der Waals surface area contributed by atoms with Crippen LogP contribution in [0.2, 0.25) is 0 Å². The fraction of sp³-hybridized carbons (Fsp3) is 0.235.